The fourth-order valence-electron chi connectivity index (χ4n) is 4.40. The van der Waals surface area contributed by atoms with Crippen LogP contribution in [0.4, 0.5) is 0 Å². The molecule has 1 aliphatic heterocycles. The zero-order chi connectivity index (χ0) is 21.8. The van der Waals surface area contributed by atoms with Crippen LogP contribution in [-0.4, -0.2) is 33.8 Å². The molecule has 0 fully saturated rings. The third-order valence-corrected chi connectivity index (χ3v) is 11.0. The highest BCUT2D eigenvalue weighted by Gasteiger charge is 2.50. The van der Waals surface area contributed by atoms with Crippen LogP contribution >= 0.6 is 0 Å². The zero-order valence-electron chi connectivity index (χ0n) is 18.6. The first kappa shape index (κ1) is 22.5. The van der Waals surface area contributed by atoms with Crippen molar-refractivity contribution >= 4 is 24.7 Å². The van der Waals surface area contributed by atoms with E-state index in [1.165, 1.54) is 16.4 Å². The summed E-state index contributed by atoms with van der Waals surface area (Å²) in [6.45, 7) is 9.23. The molecule has 160 valence electrons. The quantitative estimate of drug-likeness (QED) is 0.362. The summed E-state index contributed by atoms with van der Waals surface area (Å²) in [6.07, 6.45) is 2.79. The summed E-state index contributed by atoms with van der Waals surface area (Å²) in [4.78, 5) is 11.7. The van der Waals surface area contributed by atoms with Gasteiger partial charge in [-0.05, 0) is 28.8 Å². The number of benzene rings is 2. The normalized spacial score (nSPS) is 19.5. The van der Waals surface area contributed by atoms with E-state index in [2.05, 4.69) is 69.3 Å². The van der Waals surface area contributed by atoms with Crippen molar-refractivity contribution in [2.24, 2.45) is 0 Å². The Morgan fingerprint density at radius 3 is 1.90 bits per heavy atom. The van der Waals surface area contributed by atoms with Gasteiger partial charge in [-0.15, -0.1) is 0 Å². The molecule has 2 aromatic carbocycles. The van der Waals surface area contributed by atoms with E-state index in [1.807, 2.05) is 19.1 Å². The number of ether oxygens (including phenoxy) is 2. The third kappa shape index (κ3) is 4.15. The summed E-state index contributed by atoms with van der Waals surface area (Å²) < 4.78 is 18.0. The van der Waals surface area contributed by atoms with Crippen LogP contribution in [0.2, 0.25) is 5.04 Å². The van der Waals surface area contributed by atoms with Crippen LogP contribution in [-0.2, 0) is 18.7 Å². The van der Waals surface area contributed by atoms with Crippen molar-refractivity contribution in [3.8, 4) is 0 Å². The second-order valence-corrected chi connectivity index (χ2v) is 13.1. The Bertz CT molecular complexity index is 847. The molecule has 0 aliphatic carbocycles. The van der Waals surface area contributed by atoms with Gasteiger partial charge in [-0.3, -0.25) is 0 Å². The molecule has 1 heterocycles. The summed E-state index contributed by atoms with van der Waals surface area (Å²) in [7, 11) is -0.972. The van der Waals surface area contributed by atoms with Gasteiger partial charge >= 0.3 is 5.97 Å². The minimum Gasteiger partial charge on any atom is -0.426 e. The van der Waals surface area contributed by atoms with Crippen molar-refractivity contribution in [2.75, 3.05) is 13.7 Å². The third-order valence-electron chi connectivity index (χ3n) is 5.92. The summed E-state index contributed by atoms with van der Waals surface area (Å²) in [5.41, 5.74) is 0.806. The second-order valence-electron chi connectivity index (χ2n) is 8.82. The van der Waals surface area contributed by atoms with Gasteiger partial charge < -0.3 is 13.9 Å². The molecule has 1 atom stereocenters. The Kier molecular flexibility index (Phi) is 6.65. The molecule has 0 N–H and O–H groups in total. The Morgan fingerprint density at radius 1 is 0.967 bits per heavy atom. The van der Waals surface area contributed by atoms with E-state index in [1.54, 1.807) is 7.11 Å². The van der Waals surface area contributed by atoms with E-state index in [4.69, 9.17) is 13.9 Å². The van der Waals surface area contributed by atoms with Gasteiger partial charge in [-0.1, -0.05) is 81.4 Å². The molecule has 4 nitrogen and oxygen atoms in total. The Hall–Kier alpha value is -2.21. The second kappa shape index (κ2) is 8.88. The first-order valence-corrected chi connectivity index (χ1v) is 12.4. The van der Waals surface area contributed by atoms with E-state index in [9.17, 15) is 4.79 Å². The number of carbonyl (C=O) groups is 1. The molecule has 5 heteroatoms. The van der Waals surface area contributed by atoms with Crippen molar-refractivity contribution in [1.82, 2.24) is 0 Å². The molecule has 1 unspecified atom stereocenters. The number of hydrogen-bond donors (Lipinski definition) is 0. The van der Waals surface area contributed by atoms with E-state index >= 15 is 0 Å². The lowest BCUT2D eigenvalue weighted by molar-refractivity contribution is -0.195. The first-order chi connectivity index (χ1) is 14.2. The highest BCUT2D eigenvalue weighted by atomic mass is 28.4. The molecule has 0 aromatic heterocycles. The summed E-state index contributed by atoms with van der Waals surface area (Å²) in [5.74, 6) is -1.31. The Morgan fingerprint density at radius 2 is 1.50 bits per heavy atom. The van der Waals surface area contributed by atoms with Crippen molar-refractivity contribution in [3.63, 3.8) is 0 Å². The predicted molar refractivity (Wildman–Crippen MR) is 122 cm³/mol. The van der Waals surface area contributed by atoms with Crippen LogP contribution in [0, 0.1) is 0 Å². The maximum absolute atomic E-state index is 11.7. The summed E-state index contributed by atoms with van der Waals surface area (Å²) in [6, 6.07) is 21.2. The smallest absolute Gasteiger partial charge is 0.333 e. The van der Waals surface area contributed by atoms with Crippen LogP contribution in [0.25, 0.3) is 0 Å². The molecule has 3 rings (SSSR count). The fourth-order valence-corrected chi connectivity index (χ4v) is 9.01. The molecular weight excluding hydrogens is 392 g/mol. The van der Waals surface area contributed by atoms with Gasteiger partial charge in [0.2, 0.25) is 5.79 Å². The fraction of sp³-hybridized carbons (Fsp3) is 0.400. The molecular formula is C25H32O4Si. The minimum atomic E-state index is -2.55. The number of cyclic esters (lactones) is 1. The van der Waals surface area contributed by atoms with Gasteiger partial charge in [-0.25, -0.2) is 4.79 Å². The van der Waals surface area contributed by atoms with E-state index < -0.39 is 14.1 Å². The van der Waals surface area contributed by atoms with Gasteiger partial charge in [0, 0.05) is 31.8 Å². The van der Waals surface area contributed by atoms with Crippen LogP contribution in [0.3, 0.4) is 0 Å². The largest absolute Gasteiger partial charge is 0.426 e. The molecule has 0 radical (unpaired) electrons. The van der Waals surface area contributed by atoms with Crippen molar-refractivity contribution in [1.29, 1.82) is 0 Å². The zero-order valence-corrected chi connectivity index (χ0v) is 19.6. The molecule has 0 saturated heterocycles. The van der Waals surface area contributed by atoms with Crippen LogP contribution in [0.5, 0.6) is 0 Å². The van der Waals surface area contributed by atoms with Gasteiger partial charge in [0.05, 0.1) is 0 Å². The highest BCUT2D eigenvalue weighted by Crippen LogP contribution is 2.38. The number of carbonyl (C=O) groups excluding carboxylic acids is 1. The lowest BCUT2D eigenvalue weighted by Gasteiger charge is -2.43. The molecule has 0 amide bonds. The van der Waals surface area contributed by atoms with Crippen molar-refractivity contribution in [3.05, 3.63) is 72.3 Å². The molecule has 0 spiro atoms. The van der Waals surface area contributed by atoms with Crippen molar-refractivity contribution < 1.29 is 18.7 Å². The summed E-state index contributed by atoms with van der Waals surface area (Å²) in [5, 5.41) is 2.45. The van der Waals surface area contributed by atoms with Gasteiger partial charge in [-0.2, -0.15) is 0 Å². The molecule has 0 saturated carbocycles. The topological polar surface area (TPSA) is 44.8 Å². The molecule has 2 aromatic rings. The monoisotopic (exact) mass is 424 g/mol. The number of rotatable bonds is 8. The van der Waals surface area contributed by atoms with Crippen molar-refractivity contribution in [2.45, 2.75) is 51.4 Å². The SMILES string of the molecule is COC1(CCCO[Si](c2ccccc2)(c2ccccc2)C(C)(C)C)OC(=O)C=C1C. The number of esters is 1. The number of hydrogen-bond acceptors (Lipinski definition) is 4. The standard InChI is InChI=1S/C25H32O4Si/c1-20-19-23(26)29-25(20,27-5)17-12-18-28-30(24(2,3)4,21-13-8-6-9-14-21)22-15-10-7-11-16-22/h6-11,13-16,19H,12,17-18H2,1-5H3. The van der Waals surface area contributed by atoms with E-state index in [-0.39, 0.29) is 11.0 Å². The lowest BCUT2D eigenvalue weighted by atomic mass is 10.0. The average molecular weight is 425 g/mol. The average Bonchev–Trinajstić information content (AvgIpc) is 3.02. The maximum atomic E-state index is 11.7. The van der Waals surface area contributed by atoms with Gasteiger partial charge in [0.1, 0.15) is 0 Å². The van der Waals surface area contributed by atoms with Gasteiger partial charge in [0.25, 0.3) is 8.32 Å². The highest BCUT2D eigenvalue weighted by molar-refractivity contribution is 6.99. The minimum absolute atomic E-state index is 0.0652. The molecule has 0 bridgehead atoms. The van der Waals surface area contributed by atoms with E-state index in [0.717, 1.165) is 12.0 Å². The number of methoxy groups -OCH3 is 1. The van der Waals surface area contributed by atoms with Crippen LogP contribution < -0.4 is 10.4 Å². The van der Waals surface area contributed by atoms with Gasteiger partial charge in [0.15, 0.2) is 0 Å². The Labute approximate surface area is 181 Å². The molecule has 30 heavy (non-hydrogen) atoms. The first-order valence-electron chi connectivity index (χ1n) is 10.5. The van der Waals surface area contributed by atoms with Crippen LogP contribution in [0.1, 0.15) is 40.5 Å². The van der Waals surface area contributed by atoms with E-state index in [0.29, 0.717) is 13.0 Å². The summed E-state index contributed by atoms with van der Waals surface area (Å²) >= 11 is 0. The lowest BCUT2D eigenvalue weighted by Crippen LogP contribution is -2.66. The Balaban J connectivity index is 1.87. The maximum Gasteiger partial charge on any atom is 0.333 e. The molecule has 1 aliphatic rings. The van der Waals surface area contributed by atoms with Crippen LogP contribution in [0.15, 0.2) is 72.3 Å². The predicted octanol–water partition coefficient (Wildman–Crippen LogP) is 4.19.